The Morgan fingerprint density at radius 1 is 0.600 bits per heavy atom. The van der Waals surface area contributed by atoms with E-state index in [2.05, 4.69) is 10.6 Å². The summed E-state index contributed by atoms with van der Waals surface area (Å²) in [5.74, 6) is -1.75. The lowest BCUT2D eigenvalue weighted by molar-refractivity contribution is -0.138. The summed E-state index contributed by atoms with van der Waals surface area (Å²) in [5.41, 5.74) is -4.79. The van der Waals surface area contributed by atoms with Gasteiger partial charge in [0.1, 0.15) is 11.1 Å². The van der Waals surface area contributed by atoms with Crippen LogP contribution in [0.2, 0.25) is 0 Å². The minimum atomic E-state index is -4.75. The number of nitriles is 2. The van der Waals surface area contributed by atoms with Crippen LogP contribution in [-0.2, 0) is 34.0 Å². The molecule has 0 aliphatic carbocycles. The zero-order valence-electron chi connectivity index (χ0n) is 37.4. The third kappa shape index (κ3) is 11.9. The zero-order valence-corrected chi connectivity index (χ0v) is 39.0. The summed E-state index contributed by atoms with van der Waals surface area (Å²) in [6, 6.07) is 25.4. The van der Waals surface area contributed by atoms with Gasteiger partial charge in [0.15, 0.2) is 0 Å². The second-order valence-corrected chi connectivity index (χ2v) is 18.6. The maximum Gasteiger partial charge on any atom is 0.416 e. The van der Waals surface area contributed by atoms with Crippen LogP contribution in [-0.4, -0.2) is 67.5 Å². The van der Waals surface area contributed by atoms with Crippen LogP contribution in [0.5, 0.6) is 0 Å². The van der Waals surface area contributed by atoms with Crippen LogP contribution in [0.25, 0.3) is 11.4 Å². The number of halogens is 6. The monoisotopic (exact) mass is 1000 g/mol. The van der Waals surface area contributed by atoms with Crippen LogP contribution in [0, 0.1) is 36.5 Å². The fraction of sp³-hybridized carbons (Fsp3) is 0.224. The topological polar surface area (TPSA) is 187 Å². The van der Waals surface area contributed by atoms with Crippen LogP contribution in [0.4, 0.5) is 26.3 Å². The molecule has 2 atom stereocenters. The minimum Gasteiger partial charge on any atom is -0.352 e. The standard InChI is InChI=1S/C49H41F6N7O6S2/c1-30-42(69(67)38-16-12-32(28-56)13-17-38)26-40(46(65)61(30)36-10-4-8-34(24-36)48(50,51)52)44(63)58-20-6-22-60(3)23-7-21-59-45(64)41-27-43(70(68)39-18-14-33(29-57)15-19-39)31(2)62(47(41)66)37-11-5-9-35(25-37)49(53,54)55/h4-5,8-19,24-27H,6-7,20-23H2,1-3H3,(H,58,63)(H,59,64). The van der Waals surface area contributed by atoms with Crippen molar-refractivity contribution in [3.63, 3.8) is 0 Å². The summed E-state index contributed by atoms with van der Waals surface area (Å²) >= 11 is 0. The number of pyridine rings is 2. The molecule has 13 nitrogen and oxygen atoms in total. The first-order chi connectivity index (χ1) is 33.1. The molecular weight excluding hydrogens is 961 g/mol. The molecule has 362 valence electrons. The smallest absolute Gasteiger partial charge is 0.352 e. The van der Waals surface area contributed by atoms with Gasteiger partial charge < -0.3 is 15.5 Å². The number of aromatic nitrogens is 2. The number of nitrogens with zero attached hydrogens (tertiary/aromatic N) is 5. The quantitative estimate of drug-likeness (QED) is 0.0728. The minimum absolute atomic E-state index is 0.0216. The summed E-state index contributed by atoms with van der Waals surface area (Å²) in [7, 11) is -2.34. The average Bonchev–Trinajstić information content (AvgIpc) is 3.33. The van der Waals surface area contributed by atoms with E-state index in [1.807, 2.05) is 17.0 Å². The molecule has 6 rings (SSSR count). The van der Waals surface area contributed by atoms with Gasteiger partial charge in [-0.15, -0.1) is 0 Å². The van der Waals surface area contributed by atoms with Crippen molar-refractivity contribution in [3.05, 3.63) is 175 Å². The summed E-state index contributed by atoms with van der Waals surface area (Å²) in [4.78, 5) is 57.1. The lowest BCUT2D eigenvalue weighted by atomic mass is 10.1. The average molecular weight is 1000 g/mol. The van der Waals surface area contributed by atoms with E-state index in [9.17, 15) is 64.5 Å². The predicted molar refractivity (Wildman–Crippen MR) is 247 cm³/mol. The van der Waals surface area contributed by atoms with E-state index in [-0.39, 0.29) is 66.6 Å². The van der Waals surface area contributed by atoms with E-state index >= 15 is 0 Å². The van der Waals surface area contributed by atoms with Gasteiger partial charge in [0.2, 0.25) is 0 Å². The Morgan fingerprint density at radius 3 is 1.29 bits per heavy atom. The second-order valence-electron chi connectivity index (χ2n) is 15.7. The van der Waals surface area contributed by atoms with Crippen LogP contribution in [0.1, 0.15) is 67.2 Å². The normalized spacial score (nSPS) is 12.5. The number of alkyl halides is 6. The molecule has 0 radical (unpaired) electrons. The van der Waals surface area contributed by atoms with Gasteiger partial charge in [-0.1, -0.05) is 12.1 Å². The zero-order chi connectivity index (χ0) is 51.1. The van der Waals surface area contributed by atoms with Gasteiger partial charge in [-0.3, -0.25) is 28.3 Å². The highest BCUT2D eigenvalue weighted by Gasteiger charge is 2.33. The van der Waals surface area contributed by atoms with E-state index < -0.39 is 79.1 Å². The van der Waals surface area contributed by atoms with Crippen molar-refractivity contribution in [3.8, 4) is 23.5 Å². The first-order valence-electron chi connectivity index (χ1n) is 21.1. The van der Waals surface area contributed by atoms with E-state index in [0.717, 1.165) is 57.7 Å². The van der Waals surface area contributed by atoms with Crippen LogP contribution in [0.15, 0.2) is 138 Å². The van der Waals surface area contributed by atoms with Gasteiger partial charge in [-0.05, 0) is 144 Å². The third-order valence-electron chi connectivity index (χ3n) is 11.0. The predicted octanol–water partition coefficient (Wildman–Crippen LogP) is 7.59. The molecule has 2 heterocycles. The molecule has 2 aromatic heterocycles. The Labute approximate surface area is 401 Å². The van der Waals surface area contributed by atoms with Gasteiger partial charge >= 0.3 is 12.4 Å². The van der Waals surface area contributed by atoms with Crippen molar-refractivity contribution >= 4 is 33.4 Å². The molecule has 0 saturated carbocycles. The van der Waals surface area contributed by atoms with Crippen molar-refractivity contribution in [1.82, 2.24) is 24.7 Å². The largest absolute Gasteiger partial charge is 0.416 e. The Bertz CT molecular complexity index is 3020. The second kappa shape index (κ2) is 21.9. The van der Waals surface area contributed by atoms with Crippen LogP contribution < -0.4 is 21.8 Å². The van der Waals surface area contributed by atoms with Crippen molar-refractivity contribution < 1.29 is 44.3 Å². The van der Waals surface area contributed by atoms with Gasteiger partial charge in [-0.25, -0.2) is 8.42 Å². The van der Waals surface area contributed by atoms with Gasteiger partial charge in [-0.2, -0.15) is 36.9 Å². The molecule has 0 saturated heterocycles. The molecule has 2 unspecified atom stereocenters. The molecule has 4 aromatic carbocycles. The van der Waals surface area contributed by atoms with E-state index in [1.54, 1.807) is 7.05 Å². The molecule has 0 bridgehead atoms. The molecule has 0 fully saturated rings. The summed E-state index contributed by atoms with van der Waals surface area (Å²) < 4.78 is 112. The first kappa shape index (κ1) is 51.9. The number of benzene rings is 4. The lowest BCUT2D eigenvalue weighted by Gasteiger charge is -2.19. The highest BCUT2D eigenvalue weighted by atomic mass is 32.2. The molecular formula is C49H41F6N7O6S2. The third-order valence-corrected chi connectivity index (χ3v) is 14.0. The number of hydrogen-bond donors (Lipinski definition) is 2. The first-order valence-corrected chi connectivity index (χ1v) is 23.4. The van der Waals surface area contributed by atoms with Gasteiger partial charge in [0, 0.05) is 45.6 Å². The van der Waals surface area contributed by atoms with E-state index in [1.165, 1.54) is 74.5 Å². The number of nitrogens with one attached hydrogen (secondary N) is 2. The number of rotatable bonds is 16. The van der Waals surface area contributed by atoms with Gasteiger partial charge in [0.05, 0.1) is 65.8 Å². The number of carbonyl (C=O) groups is 2. The van der Waals surface area contributed by atoms with Crippen LogP contribution >= 0.6 is 0 Å². The number of hydrogen-bond acceptors (Lipinski definition) is 9. The van der Waals surface area contributed by atoms with Crippen molar-refractivity contribution in [2.45, 2.75) is 58.6 Å². The summed E-state index contributed by atoms with van der Waals surface area (Å²) in [5, 5.41) is 23.7. The number of amides is 2. The maximum atomic E-state index is 13.9. The molecule has 6 aromatic rings. The van der Waals surface area contributed by atoms with Crippen LogP contribution in [0.3, 0.4) is 0 Å². The Morgan fingerprint density at radius 2 is 0.957 bits per heavy atom. The Hall–Kier alpha value is -7.46. The lowest BCUT2D eigenvalue weighted by Crippen LogP contribution is -2.36. The van der Waals surface area contributed by atoms with Crippen molar-refractivity contribution in [2.75, 3.05) is 33.2 Å². The Kier molecular flexibility index (Phi) is 16.2. The van der Waals surface area contributed by atoms with Gasteiger partial charge in [0.25, 0.3) is 22.9 Å². The molecule has 0 aliphatic rings. The molecule has 70 heavy (non-hydrogen) atoms. The highest BCUT2D eigenvalue weighted by Crippen LogP contribution is 2.33. The SMILES string of the molecule is Cc1c(S(=O)c2ccc(C#N)cc2)cc(C(=O)NCCCN(C)CCCNC(=O)c2cc(S(=O)c3ccc(C#N)cc3)c(C)n(-c3cccc(C(F)(F)F)c3)c2=O)c(=O)n1-c1cccc(C(F)(F)F)c1. The highest BCUT2D eigenvalue weighted by molar-refractivity contribution is 7.85. The number of carbonyl (C=O) groups excluding carboxylic acids is 2. The fourth-order valence-electron chi connectivity index (χ4n) is 7.29. The van der Waals surface area contributed by atoms with E-state index in [4.69, 9.17) is 0 Å². The molecule has 2 amide bonds. The summed E-state index contributed by atoms with van der Waals surface area (Å²) in [6.45, 7) is 3.61. The maximum absolute atomic E-state index is 13.9. The molecule has 21 heteroatoms. The fourth-order valence-corrected chi connectivity index (χ4v) is 9.73. The Balaban J connectivity index is 1.13. The molecule has 0 spiro atoms. The molecule has 2 N–H and O–H groups in total. The van der Waals surface area contributed by atoms with Crippen molar-refractivity contribution in [2.24, 2.45) is 0 Å². The summed E-state index contributed by atoms with van der Waals surface area (Å²) in [6.07, 6.45) is -8.83. The molecule has 0 aliphatic heterocycles. The van der Waals surface area contributed by atoms with E-state index in [0.29, 0.717) is 25.9 Å². The van der Waals surface area contributed by atoms with Crippen molar-refractivity contribution in [1.29, 1.82) is 10.5 Å².